The molecule has 0 bridgehead atoms. The van der Waals surface area contributed by atoms with Crippen molar-refractivity contribution in [3.05, 3.63) is 154 Å². The van der Waals surface area contributed by atoms with E-state index < -0.39 is 0 Å². The van der Waals surface area contributed by atoms with E-state index in [1.165, 1.54) is 27.8 Å². The van der Waals surface area contributed by atoms with Crippen molar-refractivity contribution >= 4 is 11.6 Å². The Bertz CT molecular complexity index is 1530. The number of fused-ring (bicyclic) bond motifs is 3. The number of halogens is 1. The molecule has 0 radical (unpaired) electrons. The van der Waals surface area contributed by atoms with E-state index >= 15 is 0 Å². The maximum Gasteiger partial charge on any atom is 0.169 e. The van der Waals surface area contributed by atoms with Gasteiger partial charge in [0.15, 0.2) is 11.5 Å². The zero-order valence-electron chi connectivity index (χ0n) is 20.5. The van der Waals surface area contributed by atoms with Gasteiger partial charge in [0.25, 0.3) is 0 Å². The first-order valence-corrected chi connectivity index (χ1v) is 13.0. The molecule has 3 heteroatoms. The molecule has 2 nitrogen and oxygen atoms in total. The highest BCUT2D eigenvalue weighted by Gasteiger charge is 2.26. The number of hydrogen-bond acceptors (Lipinski definition) is 2. The molecule has 0 N–H and O–H groups in total. The van der Waals surface area contributed by atoms with Crippen molar-refractivity contribution in [1.29, 1.82) is 0 Å². The van der Waals surface area contributed by atoms with Crippen molar-refractivity contribution in [2.45, 2.75) is 26.1 Å². The summed E-state index contributed by atoms with van der Waals surface area (Å²) >= 11 is 6.24. The Morgan fingerprint density at radius 1 is 0.568 bits per heavy atom. The first-order chi connectivity index (χ1) is 18.2. The molecular formula is C34H27ClO2. The van der Waals surface area contributed by atoms with Crippen LogP contribution in [0.15, 0.2) is 115 Å². The molecule has 37 heavy (non-hydrogen) atoms. The van der Waals surface area contributed by atoms with Gasteiger partial charge in [-0.15, -0.1) is 0 Å². The van der Waals surface area contributed by atoms with E-state index in [1.807, 2.05) is 54.6 Å². The minimum atomic E-state index is 0.483. The fraction of sp³-hybridized carbons (Fsp3) is 0.118. The third-order valence-electron chi connectivity index (χ3n) is 6.79. The van der Waals surface area contributed by atoms with Gasteiger partial charge in [0.05, 0.1) is 0 Å². The highest BCUT2D eigenvalue weighted by molar-refractivity contribution is 6.30. The molecule has 5 aromatic carbocycles. The van der Waals surface area contributed by atoms with Gasteiger partial charge < -0.3 is 9.47 Å². The fourth-order valence-corrected chi connectivity index (χ4v) is 5.19. The second kappa shape index (κ2) is 10.5. The molecule has 0 aliphatic heterocycles. The summed E-state index contributed by atoms with van der Waals surface area (Å²) in [6, 6.07) is 39.6. The summed E-state index contributed by atoms with van der Waals surface area (Å²) in [5.41, 5.74) is 9.65. The quantitative estimate of drug-likeness (QED) is 0.207. The van der Waals surface area contributed by atoms with Gasteiger partial charge in [-0.05, 0) is 70.0 Å². The SMILES string of the molecule is Clc1cccc(Cc2ccc3c(c2)-c2c(ccc(OCc4ccccc4)c2OCc2ccccc2)C3)c1. The summed E-state index contributed by atoms with van der Waals surface area (Å²) in [5, 5.41) is 0.765. The smallest absolute Gasteiger partial charge is 0.169 e. The van der Waals surface area contributed by atoms with Gasteiger partial charge in [-0.1, -0.05) is 109 Å². The number of benzene rings is 5. The van der Waals surface area contributed by atoms with Crippen molar-refractivity contribution in [2.75, 3.05) is 0 Å². The van der Waals surface area contributed by atoms with Gasteiger partial charge in [0.2, 0.25) is 0 Å². The third-order valence-corrected chi connectivity index (χ3v) is 7.03. The van der Waals surface area contributed by atoms with Crippen LogP contribution in [0.1, 0.15) is 33.4 Å². The molecule has 0 unspecified atom stereocenters. The van der Waals surface area contributed by atoms with Crippen LogP contribution in [0, 0.1) is 0 Å². The third kappa shape index (κ3) is 5.26. The molecule has 0 saturated heterocycles. The normalized spacial score (nSPS) is 11.6. The first kappa shape index (κ1) is 23.4. The van der Waals surface area contributed by atoms with Gasteiger partial charge in [-0.2, -0.15) is 0 Å². The highest BCUT2D eigenvalue weighted by Crippen LogP contribution is 2.48. The summed E-state index contributed by atoms with van der Waals surface area (Å²) in [5.74, 6) is 1.59. The largest absolute Gasteiger partial charge is 0.485 e. The van der Waals surface area contributed by atoms with E-state index in [-0.39, 0.29) is 0 Å². The Morgan fingerprint density at radius 2 is 1.22 bits per heavy atom. The predicted octanol–water partition coefficient (Wildman–Crippen LogP) is 8.66. The van der Waals surface area contributed by atoms with Crippen LogP contribution >= 0.6 is 11.6 Å². The van der Waals surface area contributed by atoms with Gasteiger partial charge in [0, 0.05) is 10.6 Å². The number of rotatable bonds is 8. The molecule has 0 aromatic heterocycles. The minimum Gasteiger partial charge on any atom is -0.485 e. The molecule has 0 fully saturated rings. The zero-order valence-corrected chi connectivity index (χ0v) is 21.2. The second-order valence-electron chi connectivity index (χ2n) is 9.45. The van der Waals surface area contributed by atoms with Crippen molar-refractivity contribution in [3.63, 3.8) is 0 Å². The molecule has 0 amide bonds. The topological polar surface area (TPSA) is 18.5 Å². The van der Waals surface area contributed by atoms with E-state index in [0.717, 1.165) is 46.1 Å². The lowest BCUT2D eigenvalue weighted by atomic mass is 9.98. The molecule has 0 spiro atoms. The average molecular weight is 503 g/mol. The van der Waals surface area contributed by atoms with Gasteiger partial charge in [-0.3, -0.25) is 0 Å². The van der Waals surface area contributed by atoms with Gasteiger partial charge in [-0.25, -0.2) is 0 Å². The lowest BCUT2D eigenvalue weighted by molar-refractivity contribution is 0.257. The maximum absolute atomic E-state index is 6.54. The maximum atomic E-state index is 6.54. The van der Waals surface area contributed by atoms with E-state index in [0.29, 0.717) is 13.2 Å². The van der Waals surface area contributed by atoms with Gasteiger partial charge in [0.1, 0.15) is 13.2 Å². The molecule has 5 aromatic rings. The lowest BCUT2D eigenvalue weighted by Crippen LogP contribution is -2.02. The Kier molecular flexibility index (Phi) is 6.66. The van der Waals surface area contributed by atoms with Crippen molar-refractivity contribution < 1.29 is 9.47 Å². The van der Waals surface area contributed by atoms with E-state index in [9.17, 15) is 0 Å². The highest BCUT2D eigenvalue weighted by atomic mass is 35.5. The Hall–Kier alpha value is -4.01. The summed E-state index contributed by atoms with van der Waals surface area (Å²) < 4.78 is 12.9. The lowest BCUT2D eigenvalue weighted by Gasteiger charge is -2.18. The molecule has 182 valence electrons. The monoisotopic (exact) mass is 502 g/mol. The Labute approximate surface area is 223 Å². The van der Waals surface area contributed by atoms with E-state index in [1.54, 1.807) is 0 Å². The Morgan fingerprint density at radius 3 is 1.95 bits per heavy atom. The van der Waals surface area contributed by atoms with Crippen LogP contribution in [0.3, 0.4) is 0 Å². The molecule has 1 aliphatic carbocycles. The van der Waals surface area contributed by atoms with Crippen LogP contribution in [-0.4, -0.2) is 0 Å². The average Bonchev–Trinajstić information content (AvgIpc) is 3.30. The molecular weight excluding hydrogens is 476 g/mol. The summed E-state index contributed by atoms with van der Waals surface area (Å²) in [6.07, 6.45) is 1.72. The van der Waals surface area contributed by atoms with Crippen LogP contribution in [0.5, 0.6) is 11.5 Å². The van der Waals surface area contributed by atoms with E-state index in [2.05, 4.69) is 60.7 Å². The second-order valence-corrected chi connectivity index (χ2v) is 9.89. The van der Waals surface area contributed by atoms with Gasteiger partial charge >= 0.3 is 0 Å². The molecule has 0 heterocycles. The van der Waals surface area contributed by atoms with Crippen molar-refractivity contribution in [1.82, 2.24) is 0 Å². The van der Waals surface area contributed by atoms with Crippen LogP contribution in [0.2, 0.25) is 5.02 Å². The van der Waals surface area contributed by atoms with Crippen LogP contribution in [0.25, 0.3) is 11.1 Å². The van der Waals surface area contributed by atoms with Crippen LogP contribution in [0.4, 0.5) is 0 Å². The molecule has 6 rings (SSSR count). The van der Waals surface area contributed by atoms with Crippen molar-refractivity contribution in [3.8, 4) is 22.6 Å². The van der Waals surface area contributed by atoms with E-state index in [4.69, 9.17) is 21.1 Å². The zero-order chi connectivity index (χ0) is 25.0. The summed E-state index contributed by atoms with van der Waals surface area (Å²) in [4.78, 5) is 0. The summed E-state index contributed by atoms with van der Waals surface area (Å²) in [6.45, 7) is 0.972. The minimum absolute atomic E-state index is 0.483. The number of ether oxygens (including phenoxy) is 2. The fourth-order valence-electron chi connectivity index (χ4n) is 4.98. The van der Waals surface area contributed by atoms with Crippen LogP contribution in [-0.2, 0) is 26.1 Å². The van der Waals surface area contributed by atoms with Crippen molar-refractivity contribution in [2.24, 2.45) is 0 Å². The standard InChI is InChI=1S/C34H27ClO2/c35-30-13-7-12-26(19-30)18-27-14-15-28-21-29-16-17-32(36-22-24-8-3-1-4-9-24)34(33(29)31(28)20-27)37-23-25-10-5-2-6-11-25/h1-17,19-20H,18,21-23H2. The summed E-state index contributed by atoms with van der Waals surface area (Å²) in [7, 11) is 0. The predicted molar refractivity (Wildman–Crippen MR) is 150 cm³/mol. The molecule has 1 aliphatic rings. The van der Waals surface area contributed by atoms with Crippen LogP contribution < -0.4 is 9.47 Å². The Balaban J connectivity index is 1.36. The first-order valence-electron chi connectivity index (χ1n) is 12.6. The molecule has 0 atom stereocenters. The number of hydrogen-bond donors (Lipinski definition) is 0. The molecule has 0 saturated carbocycles.